The van der Waals surface area contributed by atoms with Gasteiger partial charge in [0.2, 0.25) is 0 Å². The second kappa shape index (κ2) is 8.04. The van der Waals surface area contributed by atoms with E-state index < -0.39 is 59.4 Å². The van der Waals surface area contributed by atoms with Crippen molar-refractivity contribution in [3.63, 3.8) is 0 Å². The number of rotatable bonds is 10. The number of hydrogen-bond acceptors (Lipinski definition) is 5. The Morgan fingerprint density at radius 3 is 0.500 bits per heavy atom. The van der Waals surface area contributed by atoms with Gasteiger partial charge < -0.3 is 0 Å². The molecule has 0 aromatic carbocycles. The molecule has 0 spiro atoms. The summed E-state index contributed by atoms with van der Waals surface area (Å²) >= 11 is -5.29. The molecule has 0 unspecified atom stereocenters. The molecule has 0 aliphatic rings. The predicted molar refractivity (Wildman–Crippen MR) is 122 cm³/mol. The maximum atomic E-state index is 6.91. The zero-order valence-electron chi connectivity index (χ0n) is 20.0. The monoisotopic (exact) mass is 538 g/mol. The normalized spacial score (nSPS) is 17.1. The summed E-state index contributed by atoms with van der Waals surface area (Å²) in [5.41, 5.74) is 0. The van der Waals surface area contributed by atoms with Gasteiger partial charge in [-0.2, -0.15) is 0 Å². The van der Waals surface area contributed by atoms with Gasteiger partial charge >= 0.3 is 172 Å². The van der Waals surface area contributed by atoms with Crippen LogP contribution in [0.25, 0.3) is 0 Å². The van der Waals surface area contributed by atoms with Crippen LogP contribution in [0.5, 0.6) is 0 Å². The molecule has 160 valence electrons. The van der Waals surface area contributed by atoms with Crippen LogP contribution < -0.4 is 0 Å². The zero-order chi connectivity index (χ0) is 21.5. The van der Waals surface area contributed by atoms with Crippen molar-refractivity contribution in [2.24, 2.45) is 0 Å². The maximum absolute atomic E-state index is 6.91. The van der Waals surface area contributed by atoms with E-state index in [1.807, 2.05) is 0 Å². The summed E-state index contributed by atoms with van der Waals surface area (Å²) in [5, 5.41) is 0. The Kier molecular flexibility index (Phi) is 8.54. The number of hydrogen-bond donors (Lipinski definition) is 0. The summed E-state index contributed by atoms with van der Waals surface area (Å²) in [6, 6.07) is 0. The first kappa shape index (κ1) is 27.6. The third-order valence-corrected chi connectivity index (χ3v) is 37.5. The van der Waals surface area contributed by atoms with Crippen LogP contribution in [-0.2, 0) is 32.5 Å². The molecule has 0 aromatic rings. The molecule has 0 aromatic heterocycles. The standard InChI is InChI=1S/5C3H9OSi.Nb/c5*1-5(2,3)4;/h5*1-3H3;/q5*-1;+5. The minimum atomic E-state index is -5.29. The van der Waals surface area contributed by atoms with Crippen molar-refractivity contribution in [2.75, 3.05) is 0 Å². The van der Waals surface area contributed by atoms with Crippen LogP contribution in [0.1, 0.15) is 0 Å². The molecule has 0 aliphatic heterocycles. The summed E-state index contributed by atoms with van der Waals surface area (Å²) in [7, 11) is -10.4. The molecular formula is C15H45NbO5Si5. The van der Waals surface area contributed by atoms with Crippen molar-refractivity contribution in [1.29, 1.82) is 0 Å². The van der Waals surface area contributed by atoms with E-state index >= 15 is 0 Å². The van der Waals surface area contributed by atoms with Gasteiger partial charge in [-0.15, -0.1) is 0 Å². The van der Waals surface area contributed by atoms with E-state index in [0.29, 0.717) is 0 Å². The molecule has 0 amide bonds. The molecule has 0 atom stereocenters. The summed E-state index contributed by atoms with van der Waals surface area (Å²) in [6.45, 7) is 32.5. The Hall–Kier alpha value is 1.62. The molecular weight excluding hydrogens is 493 g/mol. The van der Waals surface area contributed by atoms with Crippen molar-refractivity contribution < 1.29 is 32.5 Å². The topological polar surface area (TPSA) is 46.2 Å². The molecule has 0 radical (unpaired) electrons. The third kappa shape index (κ3) is 11.6. The Morgan fingerprint density at radius 1 is 0.308 bits per heavy atom. The molecule has 0 rings (SSSR count). The molecule has 0 aliphatic carbocycles. The van der Waals surface area contributed by atoms with Crippen molar-refractivity contribution in [3.8, 4) is 0 Å². The van der Waals surface area contributed by atoms with Gasteiger partial charge in [0.15, 0.2) is 0 Å². The minimum absolute atomic E-state index is 2.09. The van der Waals surface area contributed by atoms with Crippen LogP contribution in [0.15, 0.2) is 0 Å². The van der Waals surface area contributed by atoms with Gasteiger partial charge in [0.05, 0.1) is 0 Å². The first-order valence-electron chi connectivity index (χ1n) is 9.43. The van der Waals surface area contributed by atoms with E-state index in [9.17, 15) is 0 Å². The van der Waals surface area contributed by atoms with Gasteiger partial charge in [-0.05, 0) is 0 Å². The van der Waals surface area contributed by atoms with Crippen LogP contribution in [0.3, 0.4) is 0 Å². The quantitative estimate of drug-likeness (QED) is 0.297. The molecule has 0 bridgehead atoms. The molecule has 26 heavy (non-hydrogen) atoms. The van der Waals surface area contributed by atoms with E-state index in [1.165, 1.54) is 0 Å². The average molecular weight is 539 g/mol. The molecule has 5 nitrogen and oxygen atoms in total. The first-order chi connectivity index (χ1) is 10.8. The fraction of sp³-hybridized carbons (Fsp3) is 1.00. The summed E-state index contributed by atoms with van der Waals surface area (Å²) in [6.07, 6.45) is 0. The Bertz CT molecular complexity index is 373. The molecule has 0 heterocycles. The zero-order valence-corrected chi connectivity index (χ0v) is 27.2. The van der Waals surface area contributed by atoms with Gasteiger partial charge in [-0.1, -0.05) is 0 Å². The van der Waals surface area contributed by atoms with Gasteiger partial charge in [0.1, 0.15) is 0 Å². The van der Waals surface area contributed by atoms with Crippen LogP contribution in [-0.4, -0.2) is 41.6 Å². The van der Waals surface area contributed by atoms with Crippen molar-refractivity contribution in [2.45, 2.75) is 98.2 Å². The van der Waals surface area contributed by atoms with Gasteiger partial charge in [-0.3, -0.25) is 0 Å². The van der Waals surface area contributed by atoms with Crippen LogP contribution in [0.4, 0.5) is 0 Å². The average Bonchev–Trinajstić information content (AvgIpc) is 1.95. The van der Waals surface area contributed by atoms with E-state index in [2.05, 4.69) is 98.2 Å². The Labute approximate surface area is 171 Å². The second-order valence-electron chi connectivity index (χ2n) is 11.8. The molecule has 0 saturated heterocycles. The Balaban J connectivity index is 6.89. The fourth-order valence-electron chi connectivity index (χ4n) is 2.42. The second-order valence-corrected chi connectivity index (χ2v) is 44.2. The van der Waals surface area contributed by atoms with E-state index in [4.69, 9.17) is 14.7 Å². The first-order valence-corrected chi connectivity index (χ1v) is 31.0. The third-order valence-electron chi connectivity index (χ3n) is 2.11. The van der Waals surface area contributed by atoms with Gasteiger partial charge in [0, 0.05) is 0 Å². The summed E-state index contributed by atoms with van der Waals surface area (Å²) in [5.74, 6) is 0. The van der Waals surface area contributed by atoms with E-state index in [1.54, 1.807) is 0 Å². The SMILES string of the molecule is C[Si](C)(C)[O][Nb]([O][Si](C)(C)C)([O][Si](C)(C)C)([O][Si](C)(C)C)[O][Si](C)(C)C. The van der Waals surface area contributed by atoms with Crippen molar-refractivity contribution in [3.05, 3.63) is 0 Å². The predicted octanol–water partition coefficient (Wildman–Crippen LogP) is 6.51. The van der Waals surface area contributed by atoms with Crippen LogP contribution >= 0.6 is 0 Å². The Morgan fingerprint density at radius 2 is 0.423 bits per heavy atom. The van der Waals surface area contributed by atoms with Crippen molar-refractivity contribution >= 4 is 41.6 Å². The van der Waals surface area contributed by atoms with E-state index in [-0.39, 0.29) is 0 Å². The fourth-order valence-corrected chi connectivity index (χ4v) is 49.6. The van der Waals surface area contributed by atoms with Gasteiger partial charge in [-0.25, -0.2) is 0 Å². The molecule has 11 heteroatoms. The summed E-state index contributed by atoms with van der Waals surface area (Å²) in [4.78, 5) is 0. The van der Waals surface area contributed by atoms with Crippen LogP contribution in [0.2, 0.25) is 98.2 Å². The summed E-state index contributed by atoms with van der Waals surface area (Å²) < 4.78 is 34.5. The van der Waals surface area contributed by atoms with Crippen molar-refractivity contribution in [1.82, 2.24) is 0 Å². The molecule has 0 fully saturated rings. The molecule has 0 saturated carbocycles. The van der Waals surface area contributed by atoms with Gasteiger partial charge in [0.25, 0.3) is 0 Å². The van der Waals surface area contributed by atoms with E-state index in [0.717, 1.165) is 0 Å². The van der Waals surface area contributed by atoms with Crippen LogP contribution in [0, 0.1) is 0 Å². The molecule has 0 N–H and O–H groups in total.